The second-order valence-corrected chi connectivity index (χ2v) is 6.75. The zero-order valence-electron chi connectivity index (χ0n) is 15.5. The number of hydrogen-bond acceptors (Lipinski definition) is 4. The lowest BCUT2D eigenvalue weighted by Crippen LogP contribution is -2.52. The van der Waals surface area contributed by atoms with E-state index in [2.05, 4.69) is 5.32 Å². The van der Waals surface area contributed by atoms with Crippen LogP contribution in [0.15, 0.2) is 40.8 Å². The average molecular weight is 353 g/mol. The SMILES string of the molecule is CCCC(C)(NC(=O)c1oc2c(ccc3ccccc32)c1C)C(=O)OC. The Bertz CT molecular complexity index is 988. The highest BCUT2D eigenvalue weighted by Crippen LogP contribution is 2.32. The first-order valence-electron chi connectivity index (χ1n) is 8.73. The maximum absolute atomic E-state index is 12.9. The van der Waals surface area contributed by atoms with E-state index in [1.54, 1.807) is 6.92 Å². The van der Waals surface area contributed by atoms with Gasteiger partial charge in [-0.15, -0.1) is 0 Å². The molecule has 0 aliphatic carbocycles. The lowest BCUT2D eigenvalue weighted by Gasteiger charge is -2.27. The third-order valence-electron chi connectivity index (χ3n) is 4.81. The number of furan rings is 1. The van der Waals surface area contributed by atoms with Crippen LogP contribution < -0.4 is 5.32 Å². The second-order valence-electron chi connectivity index (χ2n) is 6.75. The summed E-state index contributed by atoms with van der Waals surface area (Å²) < 4.78 is 10.8. The van der Waals surface area contributed by atoms with Gasteiger partial charge in [0.15, 0.2) is 5.76 Å². The third-order valence-corrected chi connectivity index (χ3v) is 4.81. The molecular weight excluding hydrogens is 330 g/mol. The molecular formula is C21H23NO4. The van der Waals surface area contributed by atoms with Gasteiger partial charge in [-0.25, -0.2) is 4.79 Å². The van der Waals surface area contributed by atoms with Crippen molar-refractivity contribution < 1.29 is 18.7 Å². The number of nitrogens with one attached hydrogen (secondary N) is 1. The first kappa shape index (κ1) is 18.0. The summed E-state index contributed by atoms with van der Waals surface area (Å²) in [6.07, 6.45) is 1.21. The summed E-state index contributed by atoms with van der Waals surface area (Å²) in [6.45, 7) is 5.48. The highest BCUT2D eigenvalue weighted by atomic mass is 16.5. The third kappa shape index (κ3) is 2.94. The Hall–Kier alpha value is -2.82. The molecule has 26 heavy (non-hydrogen) atoms. The summed E-state index contributed by atoms with van der Waals surface area (Å²) in [5.74, 6) is -0.654. The van der Waals surface area contributed by atoms with Gasteiger partial charge >= 0.3 is 5.97 Å². The molecule has 1 heterocycles. The van der Waals surface area contributed by atoms with Crippen molar-refractivity contribution in [3.05, 3.63) is 47.7 Å². The van der Waals surface area contributed by atoms with Gasteiger partial charge in [-0.05, 0) is 25.7 Å². The minimum absolute atomic E-state index is 0.225. The number of esters is 1. The fourth-order valence-corrected chi connectivity index (χ4v) is 3.41. The van der Waals surface area contributed by atoms with E-state index in [0.29, 0.717) is 12.0 Å². The Balaban J connectivity index is 2.04. The molecule has 1 atom stereocenters. The lowest BCUT2D eigenvalue weighted by molar-refractivity contribution is -0.147. The van der Waals surface area contributed by atoms with Crippen LogP contribution in [0.3, 0.4) is 0 Å². The van der Waals surface area contributed by atoms with E-state index in [1.165, 1.54) is 7.11 Å². The quantitative estimate of drug-likeness (QED) is 0.692. The molecule has 5 heteroatoms. The van der Waals surface area contributed by atoms with Crippen LogP contribution in [0.5, 0.6) is 0 Å². The van der Waals surface area contributed by atoms with Crippen LogP contribution in [0.1, 0.15) is 42.8 Å². The van der Waals surface area contributed by atoms with Gasteiger partial charge in [0.1, 0.15) is 11.1 Å². The maximum Gasteiger partial charge on any atom is 0.331 e. The van der Waals surface area contributed by atoms with Crippen LogP contribution in [0.4, 0.5) is 0 Å². The van der Waals surface area contributed by atoms with Gasteiger partial charge in [-0.1, -0.05) is 49.7 Å². The fraction of sp³-hybridized carbons (Fsp3) is 0.333. The molecule has 0 fully saturated rings. The van der Waals surface area contributed by atoms with E-state index in [-0.39, 0.29) is 5.76 Å². The molecule has 0 bridgehead atoms. The Labute approximate surface area is 152 Å². The Morgan fingerprint density at radius 1 is 1.15 bits per heavy atom. The molecule has 3 aromatic rings. The number of aryl methyl sites for hydroxylation is 1. The summed E-state index contributed by atoms with van der Waals surface area (Å²) in [6, 6.07) is 11.8. The number of rotatable bonds is 5. The van der Waals surface area contributed by atoms with Gasteiger partial charge in [0, 0.05) is 16.3 Å². The molecule has 3 rings (SSSR count). The van der Waals surface area contributed by atoms with Gasteiger partial charge in [0.25, 0.3) is 5.91 Å². The van der Waals surface area contributed by atoms with E-state index in [0.717, 1.165) is 28.1 Å². The van der Waals surface area contributed by atoms with E-state index in [4.69, 9.17) is 9.15 Å². The fourth-order valence-electron chi connectivity index (χ4n) is 3.41. The number of fused-ring (bicyclic) bond motifs is 3. The van der Waals surface area contributed by atoms with Crippen LogP contribution in [-0.2, 0) is 9.53 Å². The topological polar surface area (TPSA) is 68.5 Å². The molecule has 2 aromatic carbocycles. The molecule has 0 radical (unpaired) electrons. The van der Waals surface area contributed by atoms with Gasteiger partial charge in [0.05, 0.1) is 7.11 Å². The van der Waals surface area contributed by atoms with E-state index in [9.17, 15) is 9.59 Å². The number of carbonyl (C=O) groups is 2. The number of ether oxygens (including phenoxy) is 1. The second kappa shape index (κ2) is 6.83. The minimum Gasteiger partial charge on any atom is -0.467 e. The van der Waals surface area contributed by atoms with Crippen molar-refractivity contribution in [1.82, 2.24) is 5.32 Å². The zero-order chi connectivity index (χ0) is 18.9. The van der Waals surface area contributed by atoms with E-state index < -0.39 is 17.4 Å². The normalized spacial score (nSPS) is 13.5. The first-order valence-corrected chi connectivity index (χ1v) is 8.73. The van der Waals surface area contributed by atoms with Gasteiger partial charge < -0.3 is 14.5 Å². The van der Waals surface area contributed by atoms with Crippen molar-refractivity contribution in [1.29, 1.82) is 0 Å². The van der Waals surface area contributed by atoms with Gasteiger partial charge in [-0.3, -0.25) is 4.79 Å². The Morgan fingerprint density at radius 3 is 2.58 bits per heavy atom. The van der Waals surface area contributed by atoms with Crippen molar-refractivity contribution in [2.75, 3.05) is 7.11 Å². The minimum atomic E-state index is -1.09. The summed E-state index contributed by atoms with van der Waals surface area (Å²) >= 11 is 0. The smallest absolute Gasteiger partial charge is 0.331 e. The summed E-state index contributed by atoms with van der Waals surface area (Å²) in [5, 5.41) is 5.70. The molecule has 1 aromatic heterocycles. The number of benzene rings is 2. The molecule has 1 unspecified atom stereocenters. The van der Waals surface area contributed by atoms with Gasteiger partial charge in [-0.2, -0.15) is 0 Å². The maximum atomic E-state index is 12.9. The van der Waals surface area contributed by atoms with Gasteiger partial charge in [0.2, 0.25) is 0 Å². The van der Waals surface area contributed by atoms with Crippen molar-refractivity contribution in [3.8, 4) is 0 Å². The molecule has 0 saturated heterocycles. The van der Waals surface area contributed by atoms with Crippen LogP contribution in [0.25, 0.3) is 21.7 Å². The molecule has 1 amide bonds. The average Bonchev–Trinajstić information content (AvgIpc) is 2.98. The summed E-state index contributed by atoms with van der Waals surface area (Å²) in [4.78, 5) is 25.0. The predicted molar refractivity (Wildman–Crippen MR) is 101 cm³/mol. The van der Waals surface area contributed by atoms with E-state index in [1.807, 2.05) is 50.2 Å². The zero-order valence-corrected chi connectivity index (χ0v) is 15.5. The summed E-state index contributed by atoms with van der Waals surface area (Å²) in [7, 11) is 1.32. The van der Waals surface area contributed by atoms with Crippen molar-refractivity contribution in [2.45, 2.75) is 39.2 Å². The van der Waals surface area contributed by atoms with Crippen molar-refractivity contribution >= 4 is 33.6 Å². The Kier molecular flexibility index (Phi) is 4.72. The molecule has 0 spiro atoms. The number of carbonyl (C=O) groups excluding carboxylic acids is 2. The molecule has 1 N–H and O–H groups in total. The molecule has 0 aliphatic heterocycles. The van der Waals surface area contributed by atoms with Crippen LogP contribution >= 0.6 is 0 Å². The lowest BCUT2D eigenvalue weighted by atomic mass is 9.96. The highest BCUT2D eigenvalue weighted by molar-refractivity contribution is 6.09. The first-order chi connectivity index (χ1) is 12.4. The number of hydrogen-bond donors (Lipinski definition) is 1. The van der Waals surface area contributed by atoms with Crippen LogP contribution in [0.2, 0.25) is 0 Å². The van der Waals surface area contributed by atoms with Crippen LogP contribution in [-0.4, -0.2) is 24.5 Å². The molecule has 136 valence electrons. The Morgan fingerprint density at radius 2 is 1.88 bits per heavy atom. The standard InChI is InChI=1S/C21H23NO4/c1-5-12-21(3,20(24)25-4)22-19(23)17-13(2)15-11-10-14-8-6-7-9-16(14)18(15)26-17/h6-11H,5,12H2,1-4H3,(H,22,23). The monoisotopic (exact) mass is 353 g/mol. The number of methoxy groups -OCH3 is 1. The van der Waals surface area contributed by atoms with E-state index >= 15 is 0 Å². The summed E-state index contributed by atoms with van der Waals surface area (Å²) in [5.41, 5.74) is 0.349. The predicted octanol–water partition coefficient (Wildman–Crippen LogP) is 4.36. The molecule has 5 nitrogen and oxygen atoms in total. The van der Waals surface area contributed by atoms with Crippen LogP contribution in [0, 0.1) is 6.92 Å². The van der Waals surface area contributed by atoms with Crippen molar-refractivity contribution in [3.63, 3.8) is 0 Å². The van der Waals surface area contributed by atoms with Crippen molar-refractivity contribution in [2.24, 2.45) is 0 Å². The highest BCUT2D eigenvalue weighted by Gasteiger charge is 2.36. The number of amides is 1. The largest absolute Gasteiger partial charge is 0.467 e. The molecule has 0 saturated carbocycles. The molecule has 0 aliphatic rings.